The van der Waals surface area contributed by atoms with Crippen molar-refractivity contribution in [3.05, 3.63) is 48.6 Å². The summed E-state index contributed by atoms with van der Waals surface area (Å²) >= 11 is 0. The van der Waals surface area contributed by atoms with Gasteiger partial charge in [-0.25, -0.2) is 8.93 Å². The number of carbonyl (C=O) groups is 1. The van der Waals surface area contributed by atoms with Crippen LogP contribution in [-0.4, -0.2) is 27.6 Å². The molecule has 4 nitrogen and oxygen atoms in total. The number of benzene rings is 1. The minimum atomic E-state index is -1.39. The number of ether oxygens (including phenoxy) is 1. The smallest absolute Gasteiger partial charge is 0.325 e. The zero-order chi connectivity index (χ0) is 16.8. The lowest BCUT2D eigenvalue weighted by Crippen LogP contribution is -2.47. The number of esters is 1. The maximum atomic E-state index is 12.4. The van der Waals surface area contributed by atoms with Gasteiger partial charge in [-0.1, -0.05) is 36.4 Å². The Bertz CT molecular complexity index is 522. The van der Waals surface area contributed by atoms with E-state index in [9.17, 15) is 9.00 Å². The molecular formula is C17H25NO3S. The van der Waals surface area contributed by atoms with Crippen LogP contribution in [0.5, 0.6) is 0 Å². The Morgan fingerprint density at radius 2 is 1.95 bits per heavy atom. The SMILES string of the molecule is C=C[C@@H](c1ccccc1)[C@H](NS(=O)C(C)(C)C)C(=O)OCC. The summed E-state index contributed by atoms with van der Waals surface area (Å²) in [5.41, 5.74) is 0.925. The highest BCUT2D eigenvalue weighted by molar-refractivity contribution is 7.84. The Kier molecular flexibility index (Phi) is 6.97. The average Bonchev–Trinajstić information content (AvgIpc) is 2.47. The van der Waals surface area contributed by atoms with Crippen LogP contribution < -0.4 is 4.72 Å². The Balaban J connectivity index is 3.10. The van der Waals surface area contributed by atoms with Crippen LogP contribution in [0.25, 0.3) is 0 Å². The fraction of sp³-hybridized carbons (Fsp3) is 0.471. The summed E-state index contributed by atoms with van der Waals surface area (Å²) in [5, 5.41) is 0. The summed E-state index contributed by atoms with van der Waals surface area (Å²) in [6.07, 6.45) is 1.68. The van der Waals surface area contributed by atoms with Crippen molar-refractivity contribution in [2.24, 2.45) is 0 Å². The zero-order valence-corrected chi connectivity index (χ0v) is 14.5. The van der Waals surface area contributed by atoms with Gasteiger partial charge in [-0.15, -0.1) is 6.58 Å². The molecule has 0 aliphatic carbocycles. The molecule has 0 spiro atoms. The number of rotatable bonds is 7. The predicted octanol–water partition coefficient (Wildman–Crippen LogP) is 2.94. The molecule has 0 saturated heterocycles. The third-order valence-electron chi connectivity index (χ3n) is 3.13. The van der Waals surface area contributed by atoms with Crippen molar-refractivity contribution in [3.8, 4) is 0 Å². The van der Waals surface area contributed by atoms with Gasteiger partial charge in [-0.3, -0.25) is 4.79 Å². The normalized spacial score (nSPS) is 15.6. The molecule has 0 aliphatic rings. The monoisotopic (exact) mass is 323 g/mol. The second kappa shape index (κ2) is 8.25. The molecule has 0 radical (unpaired) electrons. The highest BCUT2D eigenvalue weighted by atomic mass is 32.2. The third-order valence-corrected chi connectivity index (χ3v) is 4.71. The van der Waals surface area contributed by atoms with Gasteiger partial charge in [0.1, 0.15) is 6.04 Å². The van der Waals surface area contributed by atoms with E-state index in [2.05, 4.69) is 11.3 Å². The van der Waals surface area contributed by atoms with E-state index in [0.29, 0.717) is 0 Å². The van der Waals surface area contributed by atoms with Crippen molar-refractivity contribution in [2.75, 3.05) is 6.61 Å². The Morgan fingerprint density at radius 1 is 1.36 bits per heavy atom. The first-order valence-electron chi connectivity index (χ1n) is 7.33. The van der Waals surface area contributed by atoms with E-state index < -0.39 is 27.7 Å². The molecule has 122 valence electrons. The number of carbonyl (C=O) groups excluding carboxylic acids is 1. The van der Waals surface area contributed by atoms with Crippen LogP contribution in [0.15, 0.2) is 43.0 Å². The van der Waals surface area contributed by atoms with Crippen molar-refractivity contribution in [3.63, 3.8) is 0 Å². The number of hydrogen-bond donors (Lipinski definition) is 1. The molecule has 0 aliphatic heterocycles. The van der Waals surface area contributed by atoms with Crippen LogP contribution >= 0.6 is 0 Å². The van der Waals surface area contributed by atoms with E-state index in [1.54, 1.807) is 13.0 Å². The standard InChI is InChI=1S/C17H25NO3S/c1-6-14(13-11-9-8-10-12-13)15(16(19)21-7-2)18-22(20)17(3,4)5/h6,8-12,14-15,18H,1,7H2,2-5H3/t14-,15-,22?/m0/s1. The second-order valence-electron chi connectivity index (χ2n) is 5.90. The van der Waals surface area contributed by atoms with E-state index in [1.807, 2.05) is 51.1 Å². The molecule has 1 rings (SSSR count). The average molecular weight is 323 g/mol. The van der Waals surface area contributed by atoms with Gasteiger partial charge in [0.15, 0.2) is 0 Å². The van der Waals surface area contributed by atoms with E-state index in [0.717, 1.165) is 5.56 Å². The van der Waals surface area contributed by atoms with Crippen LogP contribution in [0.4, 0.5) is 0 Å². The van der Waals surface area contributed by atoms with Gasteiger partial charge in [0.05, 0.1) is 22.3 Å². The topological polar surface area (TPSA) is 55.4 Å². The summed E-state index contributed by atoms with van der Waals surface area (Å²) in [5.74, 6) is -0.736. The van der Waals surface area contributed by atoms with Crippen molar-refractivity contribution >= 4 is 17.0 Å². The van der Waals surface area contributed by atoms with Gasteiger partial charge in [-0.05, 0) is 33.3 Å². The summed E-state index contributed by atoms with van der Waals surface area (Å²) in [6, 6.07) is 8.80. The molecule has 1 unspecified atom stereocenters. The van der Waals surface area contributed by atoms with E-state index in [1.165, 1.54) is 0 Å². The Morgan fingerprint density at radius 3 is 2.41 bits per heavy atom. The molecular weight excluding hydrogens is 298 g/mol. The van der Waals surface area contributed by atoms with E-state index >= 15 is 0 Å². The zero-order valence-electron chi connectivity index (χ0n) is 13.7. The van der Waals surface area contributed by atoms with Crippen LogP contribution in [0.1, 0.15) is 39.2 Å². The molecule has 5 heteroatoms. The first kappa shape index (κ1) is 18.6. The molecule has 0 aromatic heterocycles. The van der Waals surface area contributed by atoms with E-state index in [4.69, 9.17) is 4.74 Å². The molecule has 0 saturated carbocycles. The van der Waals surface area contributed by atoms with Crippen molar-refractivity contribution < 1.29 is 13.7 Å². The first-order chi connectivity index (χ1) is 10.3. The van der Waals surface area contributed by atoms with Crippen LogP contribution in [0, 0.1) is 0 Å². The Hall–Kier alpha value is -1.46. The lowest BCUT2D eigenvalue weighted by molar-refractivity contribution is -0.145. The third kappa shape index (κ3) is 5.07. The number of hydrogen-bond acceptors (Lipinski definition) is 3. The summed E-state index contributed by atoms with van der Waals surface area (Å²) in [6.45, 7) is 11.4. The maximum absolute atomic E-state index is 12.4. The minimum Gasteiger partial charge on any atom is -0.465 e. The quantitative estimate of drug-likeness (QED) is 0.620. The van der Waals surface area contributed by atoms with Crippen molar-refractivity contribution in [1.29, 1.82) is 0 Å². The highest BCUT2D eigenvalue weighted by Gasteiger charge is 2.33. The molecule has 0 amide bonds. The van der Waals surface area contributed by atoms with E-state index in [-0.39, 0.29) is 12.5 Å². The second-order valence-corrected chi connectivity index (χ2v) is 7.90. The van der Waals surface area contributed by atoms with Gasteiger partial charge >= 0.3 is 5.97 Å². The molecule has 0 heterocycles. The molecule has 3 atom stereocenters. The van der Waals surface area contributed by atoms with Gasteiger partial charge in [0.25, 0.3) is 0 Å². The summed E-state index contributed by atoms with van der Waals surface area (Å²) in [7, 11) is -1.39. The molecule has 1 N–H and O–H groups in total. The summed E-state index contributed by atoms with van der Waals surface area (Å²) < 4.78 is 20.0. The highest BCUT2D eigenvalue weighted by Crippen LogP contribution is 2.23. The van der Waals surface area contributed by atoms with Crippen LogP contribution in [0.3, 0.4) is 0 Å². The van der Waals surface area contributed by atoms with Crippen LogP contribution in [0.2, 0.25) is 0 Å². The lowest BCUT2D eigenvalue weighted by Gasteiger charge is -2.27. The first-order valence-corrected chi connectivity index (χ1v) is 8.48. The Labute approximate surface area is 135 Å². The number of nitrogens with one attached hydrogen (secondary N) is 1. The molecule has 22 heavy (non-hydrogen) atoms. The van der Waals surface area contributed by atoms with Crippen molar-refractivity contribution in [1.82, 2.24) is 4.72 Å². The van der Waals surface area contributed by atoms with Gasteiger partial charge < -0.3 is 4.74 Å². The minimum absolute atomic E-state index is 0.276. The summed E-state index contributed by atoms with van der Waals surface area (Å²) in [4.78, 5) is 12.3. The van der Waals surface area contributed by atoms with Crippen molar-refractivity contribution in [2.45, 2.75) is 44.4 Å². The molecule has 0 fully saturated rings. The maximum Gasteiger partial charge on any atom is 0.325 e. The predicted molar refractivity (Wildman–Crippen MR) is 90.8 cm³/mol. The van der Waals surface area contributed by atoms with Gasteiger partial charge in [0, 0.05) is 5.92 Å². The largest absolute Gasteiger partial charge is 0.465 e. The van der Waals surface area contributed by atoms with Gasteiger partial charge in [-0.2, -0.15) is 0 Å². The fourth-order valence-corrected chi connectivity index (χ4v) is 2.76. The molecule has 0 bridgehead atoms. The fourth-order valence-electron chi connectivity index (χ4n) is 1.93. The molecule has 1 aromatic carbocycles. The van der Waals surface area contributed by atoms with Crippen LogP contribution in [-0.2, 0) is 20.5 Å². The lowest BCUT2D eigenvalue weighted by atomic mass is 9.92. The van der Waals surface area contributed by atoms with Gasteiger partial charge in [0.2, 0.25) is 0 Å². The molecule has 1 aromatic rings.